The standard InChI is InChI=1S/C14H14N6O2S/c1-9-7-23-14(16-9)17-13(21)10(2)22-12-5-3-11(4-6-12)20-8-15-18-19-20/h3-8,10H,1-2H3,(H,16,17,21)/t10-/m1/s1. The molecule has 2 aromatic heterocycles. The average Bonchev–Trinajstić information content (AvgIpc) is 3.20. The highest BCUT2D eigenvalue weighted by Gasteiger charge is 2.16. The maximum absolute atomic E-state index is 12.1. The minimum absolute atomic E-state index is 0.246. The largest absolute Gasteiger partial charge is 0.481 e. The topological polar surface area (TPSA) is 94.8 Å². The Labute approximate surface area is 136 Å². The Hall–Kier alpha value is -2.81. The molecule has 0 aliphatic carbocycles. The Morgan fingerprint density at radius 2 is 2.13 bits per heavy atom. The number of aryl methyl sites for hydroxylation is 1. The fourth-order valence-corrected chi connectivity index (χ4v) is 2.52. The van der Waals surface area contributed by atoms with Crippen LogP contribution in [0.2, 0.25) is 0 Å². The molecule has 0 radical (unpaired) electrons. The van der Waals surface area contributed by atoms with Crippen LogP contribution in [0, 0.1) is 6.92 Å². The molecule has 0 aliphatic rings. The fourth-order valence-electron chi connectivity index (χ4n) is 1.83. The first-order valence-corrected chi connectivity index (χ1v) is 7.73. The van der Waals surface area contributed by atoms with Gasteiger partial charge in [-0.15, -0.1) is 16.4 Å². The van der Waals surface area contributed by atoms with Gasteiger partial charge in [-0.2, -0.15) is 0 Å². The first-order chi connectivity index (χ1) is 11.1. The van der Waals surface area contributed by atoms with Crippen molar-refractivity contribution in [3.63, 3.8) is 0 Å². The Balaban J connectivity index is 1.61. The van der Waals surface area contributed by atoms with E-state index in [9.17, 15) is 4.79 Å². The first kappa shape index (κ1) is 15.1. The Morgan fingerprint density at radius 1 is 1.35 bits per heavy atom. The van der Waals surface area contributed by atoms with Crippen LogP contribution >= 0.6 is 11.3 Å². The Bertz CT molecular complexity index is 784. The third kappa shape index (κ3) is 3.69. The number of ether oxygens (including phenoxy) is 1. The predicted molar refractivity (Wildman–Crippen MR) is 84.7 cm³/mol. The molecule has 118 valence electrons. The summed E-state index contributed by atoms with van der Waals surface area (Å²) in [6, 6.07) is 7.13. The van der Waals surface area contributed by atoms with Gasteiger partial charge in [-0.25, -0.2) is 9.67 Å². The molecule has 0 unspecified atom stereocenters. The number of nitrogens with one attached hydrogen (secondary N) is 1. The lowest BCUT2D eigenvalue weighted by atomic mass is 10.3. The lowest BCUT2D eigenvalue weighted by molar-refractivity contribution is -0.122. The second-order valence-electron chi connectivity index (χ2n) is 4.79. The van der Waals surface area contributed by atoms with Crippen LogP contribution in [0.15, 0.2) is 36.0 Å². The van der Waals surface area contributed by atoms with Crippen molar-refractivity contribution in [2.24, 2.45) is 0 Å². The van der Waals surface area contributed by atoms with E-state index < -0.39 is 6.10 Å². The van der Waals surface area contributed by atoms with Crippen molar-refractivity contribution in [3.05, 3.63) is 41.7 Å². The summed E-state index contributed by atoms with van der Waals surface area (Å²) in [4.78, 5) is 16.3. The van der Waals surface area contributed by atoms with Crippen molar-refractivity contribution in [2.45, 2.75) is 20.0 Å². The number of tetrazole rings is 1. The molecule has 1 aromatic carbocycles. The zero-order valence-corrected chi connectivity index (χ0v) is 13.3. The van der Waals surface area contributed by atoms with Crippen LogP contribution in [0.5, 0.6) is 5.75 Å². The molecule has 0 aliphatic heterocycles. The van der Waals surface area contributed by atoms with Crippen molar-refractivity contribution in [3.8, 4) is 11.4 Å². The van der Waals surface area contributed by atoms with Gasteiger partial charge in [0.1, 0.15) is 12.1 Å². The summed E-state index contributed by atoms with van der Waals surface area (Å²) >= 11 is 1.38. The second-order valence-corrected chi connectivity index (χ2v) is 5.65. The van der Waals surface area contributed by atoms with Crippen LogP contribution in [-0.4, -0.2) is 37.2 Å². The maximum atomic E-state index is 12.1. The lowest BCUT2D eigenvalue weighted by Gasteiger charge is -2.14. The number of hydrogen-bond donors (Lipinski definition) is 1. The van der Waals surface area contributed by atoms with E-state index in [2.05, 4.69) is 25.8 Å². The van der Waals surface area contributed by atoms with Crippen molar-refractivity contribution < 1.29 is 9.53 Å². The molecule has 0 fully saturated rings. The predicted octanol–water partition coefficient (Wildman–Crippen LogP) is 1.83. The monoisotopic (exact) mass is 330 g/mol. The second kappa shape index (κ2) is 6.53. The quantitative estimate of drug-likeness (QED) is 0.767. The van der Waals surface area contributed by atoms with Crippen molar-refractivity contribution >= 4 is 22.4 Å². The number of aromatic nitrogens is 5. The van der Waals surface area contributed by atoms with E-state index in [1.165, 1.54) is 22.3 Å². The SMILES string of the molecule is Cc1csc(NC(=O)[C@@H](C)Oc2ccc(-n3cnnn3)cc2)n1. The van der Waals surface area contributed by atoms with Crippen LogP contribution in [0.3, 0.4) is 0 Å². The minimum atomic E-state index is -0.641. The molecule has 0 bridgehead atoms. The number of carbonyl (C=O) groups is 1. The average molecular weight is 330 g/mol. The van der Waals surface area contributed by atoms with Crippen LogP contribution in [-0.2, 0) is 4.79 Å². The zero-order chi connectivity index (χ0) is 16.2. The van der Waals surface area contributed by atoms with Gasteiger partial charge in [0.2, 0.25) is 0 Å². The zero-order valence-electron chi connectivity index (χ0n) is 12.5. The highest BCUT2D eigenvalue weighted by molar-refractivity contribution is 7.13. The molecule has 1 N–H and O–H groups in total. The molecule has 0 saturated heterocycles. The van der Waals surface area contributed by atoms with Gasteiger partial charge < -0.3 is 4.74 Å². The van der Waals surface area contributed by atoms with Crippen molar-refractivity contribution in [1.82, 2.24) is 25.2 Å². The molecule has 3 aromatic rings. The van der Waals surface area contributed by atoms with Gasteiger partial charge in [0, 0.05) is 5.38 Å². The number of nitrogens with zero attached hydrogens (tertiary/aromatic N) is 5. The molecule has 1 atom stereocenters. The van der Waals surface area contributed by atoms with Crippen LogP contribution < -0.4 is 10.1 Å². The van der Waals surface area contributed by atoms with E-state index in [4.69, 9.17) is 4.74 Å². The number of anilines is 1. The van der Waals surface area contributed by atoms with E-state index in [1.54, 1.807) is 31.2 Å². The van der Waals surface area contributed by atoms with Crippen molar-refractivity contribution in [1.29, 1.82) is 0 Å². The first-order valence-electron chi connectivity index (χ1n) is 6.85. The third-order valence-electron chi connectivity index (χ3n) is 2.98. The Morgan fingerprint density at radius 3 is 2.74 bits per heavy atom. The van der Waals surface area contributed by atoms with Crippen molar-refractivity contribution in [2.75, 3.05) is 5.32 Å². The van der Waals surface area contributed by atoms with Gasteiger partial charge in [0.05, 0.1) is 11.4 Å². The third-order valence-corrected chi connectivity index (χ3v) is 3.86. The van der Waals surface area contributed by atoms with Gasteiger partial charge >= 0.3 is 0 Å². The highest BCUT2D eigenvalue weighted by atomic mass is 32.1. The summed E-state index contributed by atoms with van der Waals surface area (Å²) in [6.45, 7) is 3.56. The van der Waals surface area contributed by atoms with E-state index in [-0.39, 0.29) is 5.91 Å². The molecular weight excluding hydrogens is 316 g/mol. The van der Waals surface area contributed by atoms with Gasteiger partial charge in [-0.05, 0) is 48.5 Å². The number of rotatable bonds is 5. The smallest absolute Gasteiger partial charge is 0.266 e. The van der Waals surface area contributed by atoms with Crippen LogP contribution in [0.1, 0.15) is 12.6 Å². The summed E-state index contributed by atoms with van der Waals surface area (Å²) < 4.78 is 7.16. The molecule has 3 rings (SSSR count). The van der Waals surface area contributed by atoms with E-state index in [0.29, 0.717) is 10.9 Å². The summed E-state index contributed by atoms with van der Waals surface area (Å²) in [7, 11) is 0. The van der Waals surface area contributed by atoms with Gasteiger partial charge in [0.15, 0.2) is 11.2 Å². The molecular formula is C14H14N6O2S. The summed E-state index contributed by atoms with van der Waals surface area (Å²) in [5.41, 5.74) is 1.68. The molecule has 2 heterocycles. The van der Waals surface area contributed by atoms with Crippen LogP contribution in [0.25, 0.3) is 5.69 Å². The van der Waals surface area contributed by atoms with Gasteiger partial charge in [0.25, 0.3) is 5.91 Å². The van der Waals surface area contributed by atoms with E-state index in [1.807, 2.05) is 12.3 Å². The summed E-state index contributed by atoms with van der Waals surface area (Å²) in [5, 5.41) is 16.1. The maximum Gasteiger partial charge on any atom is 0.266 e. The lowest BCUT2D eigenvalue weighted by Crippen LogP contribution is -2.30. The fraction of sp³-hybridized carbons (Fsp3) is 0.214. The molecule has 8 nitrogen and oxygen atoms in total. The van der Waals surface area contributed by atoms with E-state index in [0.717, 1.165) is 11.4 Å². The molecule has 0 spiro atoms. The number of hydrogen-bond acceptors (Lipinski definition) is 7. The van der Waals surface area contributed by atoms with Gasteiger partial charge in [-0.1, -0.05) is 0 Å². The molecule has 23 heavy (non-hydrogen) atoms. The Kier molecular flexibility index (Phi) is 4.29. The summed E-state index contributed by atoms with van der Waals surface area (Å²) in [5.74, 6) is 0.337. The normalized spacial score (nSPS) is 11.9. The summed E-state index contributed by atoms with van der Waals surface area (Å²) in [6.07, 6.45) is 0.861. The van der Waals surface area contributed by atoms with E-state index >= 15 is 0 Å². The number of thiazole rings is 1. The molecule has 0 saturated carbocycles. The number of benzene rings is 1. The van der Waals surface area contributed by atoms with Gasteiger partial charge in [-0.3, -0.25) is 10.1 Å². The number of amides is 1. The number of carbonyl (C=O) groups excluding carboxylic acids is 1. The minimum Gasteiger partial charge on any atom is -0.481 e. The molecule has 9 heteroatoms. The molecule has 1 amide bonds. The highest BCUT2D eigenvalue weighted by Crippen LogP contribution is 2.18. The van der Waals surface area contributed by atoms with Crippen LogP contribution in [0.4, 0.5) is 5.13 Å².